The van der Waals surface area contributed by atoms with Crippen molar-refractivity contribution in [1.29, 1.82) is 0 Å². The summed E-state index contributed by atoms with van der Waals surface area (Å²) in [6, 6.07) is 0. The summed E-state index contributed by atoms with van der Waals surface area (Å²) in [4.78, 5) is 0. The van der Waals surface area contributed by atoms with E-state index in [9.17, 15) is 8.76 Å². The Labute approximate surface area is 37.7 Å². The van der Waals surface area contributed by atoms with E-state index in [4.69, 9.17) is 5.53 Å². The Balaban J connectivity index is 2.60. The van der Waals surface area contributed by atoms with Crippen molar-refractivity contribution in [2.75, 3.05) is 0 Å². The van der Waals surface area contributed by atoms with Gasteiger partial charge in [-0.15, -0.1) is 4.20 Å². The Morgan fingerprint density at radius 3 is 2.14 bits per heavy atom. The second-order valence-electron chi connectivity index (χ2n) is 0.832. The molecule has 40 valence electrons. The van der Waals surface area contributed by atoms with Crippen LogP contribution in [-0.4, -0.2) is 5.02 Å². The molecule has 0 saturated carbocycles. The smallest absolute Gasteiger partial charge is 0.390 e. The first-order valence-electron chi connectivity index (χ1n) is 1.28. The van der Waals surface area contributed by atoms with Gasteiger partial charge < -0.3 is 5.53 Å². The number of hydrogen-bond donors (Lipinski definition) is 0. The van der Waals surface area contributed by atoms with E-state index in [0.717, 1.165) is 0 Å². The van der Waals surface area contributed by atoms with Crippen LogP contribution in [0.2, 0.25) is 0 Å². The summed E-state index contributed by atoms with van der Waals surface area (Å²) in [5, 5.41) is -0.305. The third-order valence-corrected chi connectivity index (χ3v) is 1.00. The Bertz CT molecular complexity index is 141. The Morgan fingerprint density at radius 1 is 1.71 bits per heavy atom. The standard InChI is InChI=1S/FN2O3P/c1-7(4)5-3(2)6-7. The summed E-state index contributed by atoms with van der Waals surface area (Å²) in [5.74, 6) is 0. The van der Waals surface area contributed by atoms with Gasteiger partial charge in [0, 0.05) is 0 Å². The van der Waals surface area contributed by atoms with Crippen molar-refractivity contribution in [3.63, 3.8) is 0 Å². The molecule has 1 rings (SSSR count). The SMILES string of the molecule is [N-]=[N+]1OP(=O)(F)O1. The van der Waals surface area contributed by atoms with Gasteiger partial charge in [0.2, 0.25) is 0 Å². The molecule has 0 aliphatic carbocycles. The number of hydrogen-bond acceptors (Lipinski definition) is 3. The van der Waals surface area contributed by atoms with Gasteiger partial charge >= 0.3 is 7.91 Å². The summed E-state index contributed by atoms with van der Waals surface area (Å²) >= 11 is 0. The summed E-state index contributed by atoms with van der Waals surface area (Å²) in [6.45, 7) is 0. The molecule has 0 amide bonds. The molecule has 0 atom stereocenters. The molecule has 0 aromatic rings. The van der Waals surface area contributed by atoms with Crippen LogP contribution in [0.15, 0.2) is 0 Å². The van der Waals surface area contributed by atoms with Gasteiger partial charge in [-0.05, 0) is 0 Å². The average Bonchev–Trinajstić information content (AvgIpc) is 1.27. The molecule has 7 heteroatoms. The lowest BCUT2D eigenvalue weighted by atomic mass is 12.9. The molecular formula is FN2O3P. The van der Waals surface area contributed by atoms with Crippen LogP contribution < -0.4 is 0 Å². The molecule has 1 heterocycles. The molecule has 0 spiro atoms. The minimum Gasteiger partial charge on any atom is -0.390 e. The van der Waals surface area contributed by atoms with Gasteiger partial charge in [-0.1, -0.05) is 9.25 Å². The van der Waals surface area contributed by atoms with Crippen LogP contribution in [0.4, 0.5) is 4.20 Å². The van der Waals surface area contributed by atoms with Crippen LogP contribution in [0.3, 0.4) is 0 Å². The van der Waals surface area contributed by atoms with Crippen LogP contribution in [-0.2, 0) is 13.8 Å². The average molecular weight is 126 g/mol. The molecule has 0 bridgehead atoms. The first-order chi connectivity index (χ1) is 3.10. The minimum absolute atomic E-state index is 0.305. The molecule has 1 saturated heterocycles. The first-order valence-corrected chi connectivity index (χ1v) is 2.72. The third-order valence-electron chi connectivity index (χ3n) is 0.335. The number of halogens is 1. The first kappa shape index (κ1) is 4.52. The van der Waals surface area contributed by atoms with Crippen molar-refractivity contribution in [3.05, 3.63) is 5.53 Å². The molecule has 0 aromatic heterocycles. The maximum absolute atomic E-state index is 11.4. The maximum atomic E-state index is 11.4. The molecule has 0 N–H and O–H groups in total. The molecule has 5 nitrogen and oxygen atoms in total. The van der Waals surface area contributed by atoms with Gasteiger partial charge in [0.15, 0.2) is 0 Å². The molecular weight excluding hydrogens is 126 g/mol. The minimum atomic E-state index is -4.35. The zero-order chi connectivity index (χ0) is 5.49. The second kappa shape index (κ2) is 0.949. The topological polar surface area (TPSA) is 60.8 Å². The van der Waals surface area contributed by atoms with E-state index in [2.05, 4.69) is 9.25 Å². The molecule has 7 heavy (non-hydrogen) atoms. The van der Waals surface area contributed by atoms with Gasteiger partial charge in [-0.2, -0.15) is 4.57 Å². The third kappa shape index (κ3) is 0.691. The summed E-state index contributed by atoms with van der Waals surface area (Å²) < 4.78 is 27.7. The number of nitrogens with zero attached hydrogens (tertiary/aromatic N) is 2. The molecule has 0 radical (unpaired) electrons. The fraction of sp³-hybridized carbons (Fsp3) is 0. The molecule has 0 aromatic carbocycles. The molecule has 1 aliphatic heterocycles. The summed E-state index contributed by atoms with van der Waals surface area (Å²) in [7, 11) is -4.35. The van der Waals surface area contributed by atoms with Crippen molar-refractivity contribution in [2.45, 2.75) is 0 Å². The Morgan fingerprint density at radius 2 is 2.14 bits per heavy atom. The quantitative estimate of drug-likeness (QED) is 0.454. The van der Waals surface area contributed by atoms with Crippen LogP contribution in [0.25, 0.3) is 5.53 Å². The highest BCUT2D eigenvalue weighted by molar-refractivity contribution is 7.48. The van der Waals surface area contributed by atoms with Gasteiger partial charge in [0.05, 0.1) is 0 Å². The van der Waals surface area contributed by atoms with Gasteiger partial charge in [0.1, 0.15) is 5.02 Å². The zero-order valence-electron chi connectivity index (χ0n) is 2.94. The number of rotatable bonds is 0. The fourth-order valence-corrected chi connectivity index (χ4v) is 0.519. The second-order valence-corrected chi connectivity index (χ2v) is 2.02. The lowest BCUT2D eigenvalue weighted by molar-refractivity contribution is -0.977. The van der Waals surface area contributed by atoms with Crippen molar-refractivity contribution in [2.24, 2.45) is 0 Å². The van der Waals surface area contributed by atoms with E-state index in [0.29, 0.717) is 0 Å². The van der Waals surface area contributed by atoms with E-state index in [1.54, 1.807) is 0 Å². The molecule has 1 aliphatic rings. The molecule has 0 unspecified atom stereocenters. The highest BCUT2D eigenvalue weighted by Crippen LogP contribution is 2.57. The van der Waals surface area contributed by atoms with E-state index in [-0.39, 0.29) is 5.02 Å². The van der Waals surface area contributed by atoms with Crippen LogP contribution in [0.1, 0.15) is 0 Å². The van der Waals surface area contributed by atoms with Crippen molar-refractivity contribution >= 4 is 7.91 Å². The monoisotopic (exact) mass is 126 g/mol. The summed E-state index contributed by atoms with van der Waals surface area (Å²) in [5.41, 5.74) is 7.76. The Kier molecular flexibility index (Phi) is 0.613. The van der Waals surface area contributed by atoms with E-state index < -0.39 is 7.91 Å². The summed E-state index contributed by atoms with van der Waals surface area (Å²) in [6.07, 6.45) is 0. The zero-order valence-corrected chi connectivity index (χ0v) is 3.84. The lowest BCUT2D eigenvalue weighted by Crippen LogP contribution is -2.15. The predicted molar refractivity (Wildman–Crippen MR) is 14.5 cm³/mol. The van der Waals surface area contributed by atoms with E-state index in [1.165, 1.54) is 0 Å². The van der Waals surface area contributed by atoms with Crippen molar-refractivity contribution < 1.29 is 23.0 Å². The normalized spacial score (nSPS) is 24.4. The van der Waals surface area contributed by atoms with Crippen LogP contribution in [0, 0.1) is 0 Å². The Hall–Kier alpha value is -0.640. The van der Waals surface area contributed by atoms with Gasteiger partial charge in [-0.3, -0.25) is 0 Å². The van der Waals surface area contributed by atoms with Gasteiger partial charge in [-0.25, -0.2) is 0 Å². The van der Waals surface area contributed by atoms with Crippen molar-refractivity contribution in [1.82, 2.24) is 0 Å². The van der Waals surface area contributed by atoms with Gasteiger partial charge in [0.25, 0.3) is 0 Å². The van der Waals surface area contributed by atoms with E-state index in [1.807, 2.05) is 0 Å². The van der Waals surface area contributed by atoms with Crippen molar-refractivity contribution in [3.8, 4) is 0 Å². The van der Waals surface area contributed by atoms with Crippen LogP contribution in [0.5, 0.6) is 0 Å². The fourth-order valence-electron chi connectivity index (χ4n) is 0.173. The lowest BCUT2D eigenvalue weighted by Gasteiger charge is -2.09. The largest absolute Gasteiger partial charge is 0.741 e. The van der Waals surface area contributed by atoms with E-state index >= 15 is 0 Å². The predicted octanol–water partition coefficient (Wildman–Crippen LogP) is 0.975. The molecule has 1 fully saturated rings. The van der Waals surface area contributed by atoms with Crippen LogP contribution >= 0.6 is 7.91 Å². The highest BCUT2D eigenvalue weighted by Gasteiger charge is 2.50. The maximum Gasteiger partial charge on any atom is 0.741 e. The highest BCUT2D eigenvalue weighted by atomic mass is 31.2.